The summed E-state index contributed by atoms with van der Waals surface area (Å²) in [5, 5.41) is 11.4. The van der Waals surface area contributed by atoms with E-state index in [2.05, 4.69) is 20.5 Å². The largest absolute Gasteiger partial charge is 0.462 e. The van der Waals surface area contributed by atoms with Crippen molar-refractivity contribution in [3.63, 3.8) is 0 Å². The van der Waals surface area contributed by atoms with Gasteiger partial charge in [-0.1, -0.05) is 11.3 Å². The summed E-state index contributed by atoms with van der Waals surface area (Å²) in [7, 11) is 0. The molecule has 0 saturated carbocycles. The van der Waals surface area contributed by atoms with Crippen molar-refractivity contribution in [2.45, 2.75) is 13.8 Å². The molecular weight excluding hydrogens is 356 g/mol. The third-order valence-corrected chi connectivity index (χ3v) is 4.22. The maximum Gasteiger partial charge on any atom is 0.358 e. The third-order valence-electron chi connectivity index (χ3n) is 3.28. The lowest BCUT2D eigenvalue weighted by Crippen LogP contribution is -2.08. The predicted molar refractivity (Wildman–Crippen MR) is 96.8 cm³/mol. The Morgan fingerprint density at radius 3 is 2.50 bits per heavy atom. The van der Waals surface area contributed by atoms with Crippen LogP contribution < -0.4 is 5.32 Å². The fraction of sp³-hybridized carbons (Fsp3) is 0.235. The molecule has 3 rings (SSSR count). The van der Waals surface area contributed by atoms with E-state index in [1.807, 2.05) is 0 Å². The highest BCUT2D eigenvalue weighted by Crippen LogP contribution is 2.28. The zero-order valence-corrected chi connectivity index (χ0v) is 15.0. The van der Waals surface area contributed by atoms with Gasteiger partial charge in [0.1, 0.15) is 0 Å². The van der Waals surface area contributed by atoms with Crippen LogP contribution in [0.3, 0.4) is 0 Å². The van der Waals surface area contributed by atoms with Gasteiger partial charge < -0.3 is 14.8 Å². The normalized spacial score (nSPS) is 10.5. The molecule has 0 radical (unpaired) electrons. The maximum absolute atomic E-state index is 11.8. The molecule has 0 aliphatic heterocycles. The molecule has 0 atom stereocenters. The number of hydrogen-bond donors (Lipinski definition) is 1. The van der Waals surface area contributed by atoms with Gasteiger partial charge in [0.2, 0.25) is 0 Å². The van der Waals surface area contributed by atoms with Crippen molar-refractivity contribution in [1.82, 2.24) is 15.2 Å². The first kappa shape index (κ1) is 17.7. The summed E-state index contributed by atoms with van der Waals surface area (Å²) in [5.41, 5.74) is 1.37. The number of benzene rings is 1. The van der Waals surface area contributed by atoms with Gasteiger partial charge in [-0.15, -0.1) is 10.2 Å². The van der Waals surface area contributed by atoms with E-state index in [-0.39, 0.29) is 18.3 Å². The lowest BCUT2D eigenvalue weighted by Gasteiger charge is -2.02. The van der Waals surface area contributed by atoms with Gasteiger partial charge in [-0.25, -0.2) is 14.6 Å². The molecule has 0 spiro atoms. The molecule has 0 fully saturated rings. The van der Waals surface area contributed by atoms with Gasteiger partial charge in [-0.3, -0.25) is 0 Å². The first-order valence-electron chi connectivity index (χ1n) is 7.96. The van der Waals surface area contributed by atoms with Gasteiger partial charge in [-0.05, 0) is 44.2 Å². The Labute approximate surface area is 153 Å². The van der Waals surface area contributed by atoms with Crippen LogP contribution in [0, 0.1) is 0 Å². The SMILES string of the molecule is CCOC(=O)c1ccc2nc(Nc3ccc(C(=O)OCC)nn3)sc2c1. The molecule has 0 aliphatic carbocycles. The summed E-state index contributed by atoms with van der Waals surface area (Å²) in [4.78, 5) is 27.8. The second-order valence-electron chi connectivity index (χ2n) is 5.07. The topological polar surface area (TPSA) is 103 Å². The third kappa shape index (κ3) is 3.94. The number of esters is 2. The highest BCUT2D eigenvalue weighted by atomic mass is 32.1. The summed E-state index contributed by atoms with van der Waals surface area (Å²) >= 11 is 1.37. The van der Waals surface area contributed by atoms with Crippen molar-refractivity contribution in [3.8, 4) is 0 Å². The van der Waals surface area contributed by atoms with E-state index >= 15 is 0 Å². The molecule has 2 aromatic heterocycles. The highest BCUT2D eigenvalue weighted by molar-refractivity contribution is 7.22. The van der Waals surface area contributed by atoms with E-state index in [1.165, 1.54) is 17.4 Å². The summed E-state index contributed by atoms with van der Waals surface area (Å²) in [6.45, 7) is 4.09. The molecule has 8 nitrogen and oxygen atoms in total. The molecule has 0 saturated heterocycles. The van der Waals surface area contributed by atoms with Gasteiger partial charge in [0.25, 0.3) is 0 Å². The van der Waals surface area contributed by atoms with Crippen molar-refractivity contribution in [2.24, 2.45) is 0 Å². The van der Waals surface area contributed by atoms with Gasteiger partial charge in [0.15, 0.2) is 16.6 Å². The molecular formula is C17H16N4O4S. The number of carbonyl (C=O) groups excluding carboxylic acids is 2. The molecule has 26 heavy (non-hydrogen) atoms. The fourth-order valence-electron chi connectivity index (χ4n) is 2.14. The Bertz CT molecular complexity index is 940. The van der Waals surface area contributed by atoms with Crippen LogP contribution >= 0.6 is 11.3 Å². The molecule has 0 unspecified atom stereocenters. The number of thiazole rings is 1. The first-order chi connectivity index (χ1) is 12.6. The monoisotopic (exact) mass is 372 g/mol. The number of anilines is 2. The molecule has 2 heterocycles. The Kier molecular flexibility index (Phi) is 5.37. The molecule has 1 aromatic carbocycles. The minimum Gasteiger partial charge on any atom is -0.462 e. The molecule has 134 valence electrons. The molecule has 0 bridgehead atoms. The van der Waals surface area contributed by atoms with E-state index in [9.17, 15) is 9.59 Å². The van der Waals surface area contributed by atoms with Crippen molar-refractivity contribution in [3.05, 3.63) is 41.6 Å². The molecule has 0 amide bonds. The van der Waals surface area contributed by atoms with Crippen LogP contribution in [0.15, 0.2) is 30.3 Å². The molecule has 9 heteroatoms. The van der Waals surface area contributed by atoms with Crippen molar-refractivity contribution < 1.29 is 19.1 Å². The van der Waals surface area contributed by atoms with Crippen LogP contribution in [0.5, 0.6) is 0 Å². The Balaban J connectivity index is 1.76. The van der Waals surface area contributed by atoms with E-state index in [0.717, 1.165) is 10.2 Å². The minimum absolute atomic E-state index is 0.140. The second-order valence-corrected chi connectivity index (χ2v) is 6.10. The van der Waals surface area contributed by atoms with Crippen LogP contribution in [-0.2, 0) is 9.47 Å². The number of nitrogens with zero attached hydrogens (tertiary/aromatic N) is 3. The van der Waals surface area contributed by atoms with Crippen LogP contribution in [0.2, 0.25) is 0 Å². The summed E-state index contributed by atoms with van der Waals surface area (Å²) in [5.74, 6) is -0.432. The van der Waals surface area contributed by atoms with Crippen molar-refractivity contribution in [1.29, 1.82) is 0 Å². The highest BCUT2D eigenvalue weighted by Gasteiger charge is 2.12. The quantitative estimate of drug-likeness (QED) is 0.658. The summed E-state index contributed by atoms with van der Waals surface area (Å²) in [6, 6.07) is 8.33. The lowest BCUT2D eigenvalue weighted by molar-refractivity contribution is 0.0512. The lowest BCUT2D eigenvalue weighted by atomic mass is 10.2. The number of nitrogens with one attached hydrogen (secondary N) is 1. The molecule has 0 aliphatic rings. The van der Waals surface area contributed by atoms with Crippen LogP contribution in [0.4, 0.5) is 10.9 Å². The number of hydrogen-bond acceptors (Lipinski definition) is 9. The number of aromatic nitrogens is 3. The van der Waals surface area contributed by atoms with Gasteiger partial charge in [0, 0.05) is 0 Å². The van der Waals surface area contributed by atoms with E-state index < -0.39 is 5.97 Å². The summed E-state index contributed by atoms with van der Waals surface area (Å²) in [6.07, 6.45) is 0. The minimum atomic E-state index is -0.516. The van der Waals surface area contributed by atoms with E-state index in [0.29, 0.717) is 23.1 Å². The summed E-state index contributed by atoms with van der Waals surface area (Å²) < 4.78 is 10.7. The van der Waals surface area contributed by atoms with E-state index in [1.54, 1.807) is 38.1 Å². The van der Waals surface area contributed by atoms with Crippen LogP contribution in [0.25, 0.3) is 10.2 Å². The second kappa shape index (κ2) is 7.87. The number of carbonyl (C=O) groups is 2. The van der Waals surface area contributed by atoms with Crippen LogP contribution in [0.1, 0.15) is 34.7 Å². The molecule has 1 N–H and O–H groups in total. The smallest absolute Gasteiger partial charge is 0.358 e. The standard InChI is InChI=1S/C17H16N4O4S/c1-3-24-15(22)10-5-6-11-13(9-10)26-17(18-11)19-14-8-7-12(20-21-14)16(23)25-4-2/h5-9H,3-4H2,1-2H3,(H,18,19,21). The average molecular weight is 372 g/mol. The number of fused-ring (bicyclic) bond motifs is 1. The van der Waals surface area contributed by atoms with Crippen LogP contribution in [-0.4, -0.2) is 40.3 Å². The zero-order chi connectivity index (χ0) is 18.5. The Hall–Kier alpha value is -3.07. The van der Waals surface area contributed by atoms with Gasteiger partial charge in [-0.2, -0.15) is 0 Å². The van der Waals surface area contributed by atoms with E-state index in [4.69, 9.17) is 9.47 Å². The van der Waals surface area contributed by atoms with Gasteiger partial charge >= 0.3 is 11.9 Å². The van der Waals surface area contributed by atoms with Crippen molar-refractivity contribution >= 4 is 44.4 Å². The van der Waals surface area contributed by atoms with Gasteiger partial charge in [0.05, 0.1) is 29.0 Å². The van der Waals surface area contributed by atoms with Crippen molar-refractivity contribution in [2.75, 3.05) is 18.5 Å². The Morgan fingerprint density at radius 2 is 1.81 bits per heavy atom. The number of ether oxygens (including phenoxy) is 2. The zero-order valence-electron chi connectivity index (χ0n) is 14.2. The average Bonchev–Trinajstić information content (AvgIpc) is 3.04. The number of rotatable bonds is 6. The molecule has 3 aromatic rings. The fourth-order valence-corrected chi connectivity index (χ4v) is 3.05. The Morgan fingerprint density at radius 1 is 1.04 bits per heavy atom. The predicted octanol–water partition coefficient (Wildman–Crippen LogP) is 3.18. The first-order valence-corrected chi connectivity index (χ1v) is 8.78. The maximum atomic E-state index is 11.8.